The summed E-state index contributed by atoms with van der Waals surface area (Å²) in [6.07, 6.45) is 2.69. The summed E-state index contributed by atoms with van der Waals surface area (Å²) in [6.45, 7) is 1.92. The molecule has 0 heterocycles. The third kappa shape index (κ3) is 4.04. The Morgan fingerprint density at radius 1 is 1.09 bits per heavy atom. The SMILES string of the molecule is Cc1ccccc1NC(=O)c1cccc(/C=C/C(=O)NO)c1. The Labute approximate surface area is 128 Å². The van der Waals surface area contributed by atoms with Gasteiger partial charge >= 0.3 is 0 Å². The summed E-state index contributed by atoms with van der Waals surface area (Å²) < 4.78 is 0. The first-order valence-corrected chi connectivity index (χ1v) is 6.69. The van der Waals surface area contributed by atoms with Crippen molar-refractivity contribution >= 4 is 23.6 Å². The van der Waals surface area contributed by atoms with Gasteiger partial charge in [-0.3, -0.25) is 14.8 Å². The molecule has 0 aliphatic heterocycles. The normalized spacial score (nSPS) is 10.5. The number of amides is 2. The van der Waals surface area contributed by atoms with Crippen molar-refractivity contribution in [3.63, 3.8) is 0 Å². The lowest BCUT2D eigenvalue weighted by atomic mass is 10.1. The van der Waals surface area contributed by atoms with Crippen molar-refractivity contribution in [2.75, 3.05) is 5.32 Å². The van der Waals surface area contributed by atoms with Crippen molar-refractivity contribution in [1.29, 1.82) is 0 Å². The third-order valence-electron chi connectivity index (χ3n) is 3.08. The summed E-state index contributed by atoms with van der Waals surface area (Å²) in [5.41, 5.74) is 4.41. The highest BCUT2D eigenvalue weighted by molar-refractivity contribution is 6.05. The van der Waals surface area contributed by atoms with E-state index in [0.717, 1.165) is 11.3 Å². The second-order valence-electron chi connectivity index (χ2n) is 4.70. The number of nitrogens with one attached hydrogen (secondary N) is 2. The van der Waals surface area contributed by atoms with Gasteiger partial charge in [0.1, 0.15) is 0 Å². The number of hydrogen-bond acceptors (Lipinski definition) is 3. The molecule has 0 spiro atoms. The van der Waals surface area contributed by atoms with Crippen molar-refractivity contribution in [3.05, 3.63) is 71.3 Å². The number of aryl methyl sites for hydroxylation is 1. The van der Waals surface area contributed by atoms with Crippen LogP contribution in [0.3, 0.4) is 0 Å². The van der Waals surface area contributed by atoms with Gasteiger partial charge in [0.2, 0.25) is 0 Å². The Morgan fingerprint density at radius 2 is 1.86 bits per heavy atom. The monoisotopic (exact) mass is 296 g/mol. The van der Waals surface area contributed by atoms with Crippen molar-refractivity contribution in [2.24, 2.45) is 0 Å². The highest BCUT2D eigenvalue weighted by Crippen LogP contribution is 2.15. The van der Waals surface area contributed by atoms with Crippen LogP contribution in [0.15, 0.2) is 54.6 Å². The lowest BCUT2D eigenvalue weighted by Gasteiger charge is -2.08. The van der Waals surface area contributed by atoms with Gasteiger partial charge in [0.05, 0.1) is 0 Å². The predicted molar refractivity (Wildman–Crippen MR) is 84.5 cm³/mol. The fourth-order valence-electron chi connectivity index (χ4n) is 1.90. The number of carbonyl (C=O) groups excluding carboxylic acids is 2. The molecule has 22 heavy (non-hydrogen) atoms. The largest absolute Gasteiger partial charge is 0.322 e. The molecule has 0 aromatic heterocycles. The van der Waals surface area contributed by atoms with Crippen LogP contribution >= 0.6 is 0 Å². The van der Waals surface area contributed by atoms with Crippen molar-refractivity contribution in [2.45, 2.75) is 6.92 Å². The van der Waals surface area contributed by atoms with E-state index in [-0.39, 0.29) is 5.91 Å². The molecule has 2 rings (SSSR count). The van der Waals surface area contributed by atoms with Gasteiger partial charge in [-0.25, -0.2) is 5.48 Å². The molecule has 2 aromatic carbocycles. The number of benzene rings is 2. The number of rotatable bonds is 4. The van der Waals surface area contributed by atoms with E-state index < -0.39 is 5.91 Å². The van der Waals surface area contributed by atoms with E-state index in [9.17, 15) is 9.59 Å². The van der Waals surface area contributed by atoms with Crippen LogP contribution in [0.4, 0.5) is 5.69 Å². The Hall–Kier alpha value is -2.92. The van der Waals surface area contributed by atoms with Gasteiger partial charge in [-0.05, 0) is 42.3 Å². The van der Waals surface area contributed by atoms with Crippen LogP contribution in [0.25, 0.3) is 6.08 Å². The molecular formula is C17H16N2O3. The quantitative estimate of drug-likeness (QED) is 0.461. The molecule has 112 valence electrons. The molecule has 3 N–H and O–H groups in total. The predicted octanol–water partition coefficient (Wildman–Crippen LogP) is 2.77. The fraction of sp³-hybridized carbons (Fsp3) is 0.0588. The van der Waals surface area contributed by atoms with Crippen molar-refractivity contribution in [1.82, 2.24) is 5.48 Å². The maximum atomic E-state index is 12.3. The van der Waals surface area contributed by atoms with Gasteiger partial charge in [0.15, 0.2) is 0 Å². The van der Waals surface area contributed by atoms with Gasteiger partial charge in [0, 0.05) is 17.3 Å². The molecule has 0 aliphatic carbocycles. The lowest BCUT2D eigenvalue weighted by Crippen LogP contribution is -2.15. The average Bonchev–Trinajstić information content (AvgIpc) is 2.55. The van der Waals surface area contributed by atoms with Crippen molar-refractivity contribution in [3.8, 4) is 0 Å². The molecule has 0 fully saturated rings. The Balaban J connectivity index is 2.15. The number of anilines is 1. The van der Waals surface area contributed by atoms with Gasteiger partial charge in [-0.2, -0.15) is 0 Å². The summed E-state index contributed by atoms with van der Waals surface area (Å²) in [6, 6.07) is 14.4. The van der Waals surface area contributed by atoms with Crippen LogP contribution in [0.1, 0.15) is 21.5 Å². The molecule has 2 aromatic rings. The minimum absolute atomic E-state index is 0.226. The first kappa shape index (κ1) is 15.5. The number of para-hydroxylation sites is 1. The third-order valence-corrected chi connectivity index (χ3v) is 3.08. The second-order valence-corrected chi connectivity index (χ2v) is 4.70. The summed E-state index contributed by atoms with van der Waals surface area (Å²) in [7, 11) is 0. The first-order chi connectivity index (χ1) is 10.6. The van der Waals surface area contributed by atoms with E-state index in [1.807, 2.05) is 31.2 Å². The molecule has 0 aliphatic rings. The molecule has 0 saturated heterocycles. The standard InChI is InChI=1S/C17H16N2O3/c1-12-5-2-3-8-15(12)18-17(21)14-7-4-6-13(11-14)9-10-16(20)19-22/h2-11,22H,1H3,(H,18,21)(H,19,20)/b10-9+. The molecule has 0 unspecified atom stereocenters. The molecule has 2 amide bonds. The van der Waals surface area contributed by atoms with Gasteiger partial charge in [0.25, 0.3) is 11.8 Å². The second kappa shape index (κ2) is 7.19. The van der Waals surface area contributed by atoms with Crippen LogP contribution in [0, 0.1) is 6.92 Å². The highest BCUT2D eigenvalue weighted by Gasteiger charge is 2.07. The van der Waals surface area contributed by atoms with E-state index in [1.165, 1.54) is 17.6 Å². The molecule has 0 atom stereocenters. The van der Waals surface area contributed by atoms with E-state index in [1.54, 1.807) is 24.3 Å². The van der Waals surface area contributed by atoms with E-state index in [0.29, 0.717) is 11.1 Å². The topological polar surface area (TPSA) is 78.4 Å². The smallest absolute Gasteiger partial charge is 0.267 e. The molecule has 0 saturated carbocycles. The van der Waals surface area contributed by atoms with Gasteiger partial charge in [-0.1, -0.05) is 30.3 Å². The minimum Gasteiger partial charge on any atom is -0.322 e. The van der Waals surface area contributed by atoms with Gasteiger partial charge in [-0.15, -0.1) is 0 Å². The molecule has 0 radical (unpaired) electrons. The zero-order chi connectivity index (χ0) is 15.9. The molecular weight excluding hydrogens is 280 g/mol. The number of hydrogen-bond donors (Lipinski definition) is 3. The molecule has 0 bridgehead atoms. The summed E-state index contributed by atoms with van der Waals surface area (Å²) in [5, 5.41) is 11.3. The lowest BCUT2D eigenvalue weighted by molar-refractivity contribution is -0.124. The molecule has 5 nitrogen and oxygen atoms in total. The fourth-order valence-corrected chi connectivity index (χ4v) is 1.90. The van der Waals surface area contributed by atoms with Gasteiger partial charge < -0.3 is 5.32 Å². The maximum absolute atomic E-state index is 12.3. The Bertz CT molecular complexity index is 723. The Kier molecular flexibility index (Phi) is 5.06. The number of carbonyl (C=O) groups is 2. The summed E-state index contributed by atoms with van der Waals surface area (Å²) in [5.74, 6) is -0.856. The van der Waals surface area contributed by atoms with E-state index in [4.69, 9.17) is 5.21 Å². The maximum Gasteiger partial charge on any atom is 0.267 e. The van der Waals surface area contributed by atoms with Crippen molar-refractivity contribution < 1.29 is 14.8 Å². The average molecular weight is 296 g/mol. The zero-order valence-corrected chi connectivity index (χ0v) is 12.0. The summed E-state index contributed by atoms with van der Waals surface area (Å²) in [4.78, 5) is 23.2. The van der Waals surface area contributed by atoms with Crippen LogP contribution in [-0.4, -0.2) is 17.0 Å². The minimum atomic E-state index is -0.630. The van der Waals surface area contributed by atoms with E-state index >= 15 is 0 Å². The Morgan fingerprint density at radius 3 is 2.59 bits per heavy atom. The zero-order valence-electron chi connectivity index (χ0n) is 12.0. The summed E-state index contributed by atoms with van der Waals surface area (Å²) >= 11 is 0. The van der Waals surface area contributed by atoms with Crippen LogP contribution < -0.4 is 10.8 Å². The highest BCUT2D eigenvalue weighted by atomic mass is 16.5. The van der Waals surface area contributed by atoms with Crippen LogP contribution in [0.2, 0.25) is 0 Å². The molecule has 5 heteroatoms. The van der Waals surface area contributed by atoms with Crippen LogP contribution in [0.5, 0.6) is 0 Å². The van der Waals surface area contributed by atoms with E-state index in [2.05, 4.69) is 5.32 Å². The number of hydroxylamine groups is 1. The van der Waals surface area contributed by atoms with Crippen LogP contribution in [-0.2, 0) is 4.79 Å². The first-order valence-electron chi connectivity index (χ1n) is 6.69.